The molecule has 1 aliphatic rings. The highest BCUT2D eigenvalue weighted by atomic mass is 32.2. The molecule has 2 atom stereocenters. The zero-order valence-corrected chi connectivity index (χ0v) is 12.7. The monoisotopic (exact) mass is 299 g/mol. The van der Waals surface area contributed by atoms with Crippen LogP contribution in [-0.4, -0.2) is 39.8 Å². The number of amides is 1. The second-order valence-corrected chi connectivity index (χ2v) is 6.16. The zero-order chi connectivity index (χ0) is 15.1. The Hall–Kier alpha value is -1.30. The molecule has 0 aliphatic heterocycles. The van der Waals surface area contributed by atoms with Crippen LogP contribution in [0.15, 0.2) is 11.6 Å². The average molecular weight is 299 g/mol. The molecule has 0 aromatic rings. The van der Waals surface area contributed by atoms with Crippen LogP contribution >= 0.6 is 11.8 Å². The Labute approximate surface area is 123 Å². The molecule has 112 valence electrons. The van der Waals surface area contributed by atoms with Gasteiger partial charge in [-0.15, -0.1) is 0 Å². The molecule has 0 spiro atoms. The van der Waals surface area contributed by atoms with Crippen molar-refractivity contribution in [1.82, 2.24) is 5.32 Å². The maximum Gasteiger partial charge on any atom is 0.327 e. The van der Waals surface area contributed by atoms with Gasteiger partial charge in [-0.2, -0.15) is 11.8 Å². The highest BCUT2D eigenvalue weighted by Crippen LogP contribution is 2.28. The Balaban J connectivity index is 2.48. The molecule has 1 aliphatic carbocycles. The van der Waals surface area contributed by atoms with Crippen LogP contribution in [0.1, 0.15) is 39.5 Å². The van der Waals surface area contributed by atoms with Crippen LogP contribution in [0, 0.1) is 0 Å². The van der Waals surface area contributed by atoms with Crippen LogP contribution in [0.25, 0.3) is 0 Å². The van der Waals surface area contributed by atoms with E-state index >= 15 is 0 Å². The molecule has 2 N–H and O–H groups in total. The fourth-order valence-corrected chi connectivity index (χ4v) is 3.22. The summed E-state index contributed by atoms with van der Waals surface area (Å²) >= 11 is 1.41. The first-order chi connectivity index (χ1) is 9.43. The fraction of sp³-hybridized carbons (Fsp3) is 0.643. The van der Waals surface area contributed by atoms with Crippen molar-refractivity contribution in [3.8, 4) is 0 Å². The maximum atomic E-state index is 11.8. The van der Waals surface area contributed by atoms with Gasteiger partial charge in [-0.05, 0) is 18.4 Å². The van der Waals surface area contributed by atoms with Crippen molar-refractivity contribution in [3.05, 3.63) is 11.6 Å². The van der Waals surface area contributed by atoms with Crippen LogP contribution in [0.5, 0.6) is 0 Å². The molecule has 0 aromatic heterocycles. The SMILES string of the molecule is CCCCC1=CC(SCC(NC(C)=O)C(=O)O)CC1=O. The summed E-state index contributed by atoms with van der Waals surface area (Å²) in [4.78, 5) is 33.7. The number of hydrogen-bond acceptors (Lipinski definition) is 4. The smallest absolute Gasteiger partial charge is 0.327 e. The van der Waals surface area contributed by atoms with E-state index in [4.69, 9.17) is 5.11 Å². The molecule has 20 heavy (non-hydrogen) atoms. The molecule has 1 amide bonds. The van der Waals surface area contributed by atoms with E-state index in [9.17, 15) is 14.4 Å². The number of hydrogen-bond donors (Lipinski definition) is 2. The largest absolute Gasteiger partial charge is 0.480 e. The molecular formula is C14H21NO4S. The van der Waals surface area contributed by atoms with Gasteiger partial charge in [0.1, 0.15) is 6.04 Å². The maximum absolute atomic E-state index is 11.8. The highest BCUT2D eigenvalue weighted by molar-refractivity contribution is 8.00. The van der Waals surface area contributed by atoms with Gasteiger partial charge in [-0.3, -0.25) is 9.59 Å². The van der Waals surface area contributed by atoms with Gasteiger partial charge in [0.15, 0.2) is 5.78 Å². The predicted molar refractivity (Wildman–Crippen MR) is 78.7 cm³/mol. The number of carboxylic acids is 1. The highest BCUT2D eigenvalue weighted by Gasteiger charge is 2.26. The second-order valence-electron chi connectivity index (χ2n) is 4.89. The molecule has 0 fully saturated rings. The molecule has 0 radical (unpaired) electrons. The molecule has 5 nitrogen and oxygen atoms in total. The van der Waals surface area contributed by atoms with E-state index in [1.807, 2.05) is 6.08 Å². The van der Waals surface area contributed by atoms with E-state index < -0.39 is 12.0 Å². The van der Waals surface area contributed by atoms with Crippen LogP contribution in [0.3, 0.4) is 0 Å². The minimum absolute atomic E-state index is 0.0324. The summed E-state index contributed by atoms with van der Waals surface area (Å²) in [6.45, 7) is 3.37. The molecule has 1 rings (SSSR count). The summed E-state index contributed by atoms with van der Waals surface area (Å²) in [6, 6.07) is -0.902. The lowest BCUT2D eigenvalue weighted by Crippen LogP contribution is -2.41. The molecule has 0 saturated carbocycles. The number of Topliss-reactive ketones (excluding diaryl/α,β-unsaturated/α-hetero) is 1. The third-order valence-corrected chi connectivity index (χ3v) is 4.34. The Kier molecular flexibility index (Phi) is 6.78. The van der Waals surface area contributed by atoms with Crippen molar-refractivity contribution in [2.75, 3.05) is 5.75 Å². The van der Waals surface area contributed by atoms with Gasteiger partial charge in [0.2, 0.25) is 5.91 Å². The van der Waals surface area contributed by atoms with Crippen LogP contribution in [-0.2, 0) is 14.4 Å². The van der Waals surface area contributed by atoms with E-state index in [-0.39, 0.29) is 22.7 Å². The van der Waals surface area contributed by atoms with Gasteiger partial charge >= 0.3 is 5.97 Å². The minimum atomic E-state index is -1.05. The van der Waals surface area contributed by atoms with Gasteiger partial charge in [-0.25, -0.2) is 4.79 Å². The molecule has 0 saturated heterocycles. The normalized spacial score (nSPS) is 19.6. The number of nitrogens with one attached hydrogen (secondary N) is 1. The fourth-order valence-electron chi connectivity index (χ4n) is 2.03. The van der Waals surface area contributed by atoms with Crippen molar-refractivity contribution in [2.24, 2.45) is 0 Å². The van der Waals surface area contributed by atoms with E-state index in [1.54, 1.807) is 0 Å². The summed E-state index contributed by atoms with van der Waals surface area (Å²) in [6.07, 6.45) is 5.25. The summed E-state index contributed by atoms with van der Waals surface area (Å²) in [5.74, 6) is -0.973. The number of rotatable bonds is 8. The van der Waals surface area contributed by atoms with Crippen LogP contribution < -0.4 is 5.32 Å². The number of carboxylic acid groups (broad SMARTS) is 1. The van der Waals surface area contributed by atoms with Gasteiger partial charge in [0.05, 0.1) is 0 Å². The standard InChI is InChI=1S/C14H21NO4S/c1-3-4-5-10-6-11(7-13(10)17)20-8-12(14(18)19)15-9(2)16/h6,11-12H,3-5,7-8H2,1-2H3,(H,15,16)(H,18,19). The van der Waals surface area contributed by atoms with E-state index in [0.29, 0.717) is 6.42 Å². The predicted octanol–water partition coefficient (Wildman–Crippen LogP) is 1.77. The summed E-state index contributed by atoms with van der Waals surface area (Å²) in [5.41, 5.74) is 0.871. The molecule has 0 bridgehead atoms. The number of thioether (sulfide) groups is 1. The van der Waals surface area contributed by atoms with Gasteiger partial charge in [-0.1, -0.05) is 19.4 Å². The Morgan fingerprint density at radius 3 is 2.80 bits per heavy atom. The Morgan fingerprint density at radius 1 is 1.55 bits per heavy atom. The second kappa shape index (κ2) is 8.09. The minimum Gasteiger partial charge on any atom is -0.480 e. The molecule has 2 unspecified atom stereocenters. The van der Waals surface area contributed by atoms with Crippen molar-refractivity contribution >= 4 is 29.4 Å². The number of allylic oxidation sites excluding steroid dienone is 1. The lowest BCUT2D eigenvalue weighted by molar-refractivity contribution is -0.140. The van der Waals surface area contributed by atoms with Gasteiger partial charge in [0, 0.05) is 24.3 Å². The van der Waals surface area contributed by atoms with Crippen molar-refractivity contribution in [1.29, 1.82) is 0 Å². The van der Waals surface area contributed by atoms with Crippen molar-refractivity contribution in [2.45, 2.75) is 50.8 Å². The van der Waals surface area contributed by atoms with E-state index in [0.717, 1.165) is 24.8 Å². The van der Waals surface area contributed by atoms with Crippen molar-refractivity contribution in [3.63, 3.8) is 0 Å². The number of carbonyl (C=O) groups excluding carboxylic acids is 2. The number of unbranched alkanes of at least 4 members (excludes halogenated alkanes) is 1. The number of carbonyl (C=O) groups is 3. The van der Waals surface area contributed by atoms with E-state index in [2.05, 4.69) is 12.2 Å². The summed E-state index contributed by atoms with van der Waals surface area (Å²) in [5, 5.41) is 11.4. The third-order valence-electron chi connectivity index (χ3n) is 3.08. The average Bonchev–Trinajstić information content (AvgIpc) is 2.72. The topological polar surface area (TPSA) is 83.5 Å². The summed E-state index contributed by atoms with van der Waals surface area (Å²) in [7, 11) is 0. The first-order valence-corrected chi connectivity index (χ1v) is 7.84. The first-order valence-electron chi connectivity index (χ1n) is 6.79. The van der Waals surface area contributed by atoms with E-state index in [1.165, 1.54) is 18.7 Å². The zero-order valence-electron chi connectivity index (χ0n) is 11.8. The number of aliphatic carboxylic acids is 1. The molecule has 6 heteroatoms. The first kappa shape index (κ1) is 16.8. The Bertz CT molecular complexity index is 419. The Morgan fingerprint density at radius 2 is 2.25 bits per heavy atom. The van der Waals surface area contributed by atoms with Crippen LogP contribution in [0.4, 0.5) is 0 Å². The third kappa shape index (κ3) is 5.36. The molecular weight excluding hydrogens is 278 g/mol. The molecule has 0 heterocycles. The van der Waals surface area contributed by atoms with Gasteiger partial charge < -0.3 is 10.4 Å². The number of ketones is 1. The van der Waals surface area contributed by atoms with Crippen molar-refractivity contribution < 1.29 is 19.5 Å². The molecule has 0 aromatic carbocycles. The quantitative estimate of drug-likeness (QED) is 0.713. The summed E-state index contributed by atoms with van der Waals surface area (Å²) < 4.78 is 0. The lowest BCUT2D eigenvalue weighted by atomic mass is 10.1. The lowest BCUT2D eigenvalue weighted by Gasteiger charge is -2.14. The van der Waals surface area contributed by atoms with Crippen LogP contribution in [0.2, 0.25) is 0 Å². The van der Waals surface area contributed by atoms with Gasteiger partial charge in [0.25, 0.3) is 0 Å².